The van der Waals surface area contributed by atoms with Gasteiger partial charge in [0.25, 0.3) is 0 Å². The van der Waals surface area contributed by atoms with Crippen LogP contribution in [0.2, 0.25) is 5.02 Å². The molecule has 0 radical (unpaired) electrons. The Morgan fingerprint density at radius 2 is 2.06 bits per heavy atom. The van der Waals surface area contributed by atoms with Gasteiger partial charge < -0.3 is 5.32 Å². The molecular weight excluding hydrogens is 252 g/mol. The van der Waals surface area contributed by atoms with Crippen LogP contribution in [0.25, 0.3) is 11.3 Å². The van der Waals surface area contributed by atoms with E-state index < -0.39 is 0 Å². The number of hydrogen-bond acceptors (Lipinski definition) is 3. The van der Waals surface area contributed by atoms with Crippen molar-refractivity contribution in [3.63, 3.8) is 0 Å². The van der Waals surface area contributed by atoms with Crippen LogP contribution in [-0.4, -0.2) is 10.5 Å². The zero-order valence-corrected chi connectivity index (χ0v) is 11.7. The van der Waals surface area contributed by atoms with Gasteiger partial charge in [-0.2, -0.15) is 0 Å². The van der Waals surface area contributed by atoms with Crippen molar-refractivity contribution in [3.05, 3.63) is 34.7 Å². The predicted molar refractivity (Wildman–Crippen MR) is 75.9 cm³/mol. The minimum absolute atomic E-state index is 0.0312. The van der Waals surface area contributed by atoms with E-state index in [-0.39, 0.29) is 5.54 Å². The lowest BCUT2D eigenvalue weighted by atomic mass is 10.1. The standard InChI is InChI=1S/C13H15ClN2S/c1-13(2,3)16-12-15-11(8-17-12)9-5-4-6-10(14)7-9/h4-8H,1-3H3,(H,15,16). The largest absolute Gasteiger partial charge is 0.357 e. The molecule has 2 aromatic rings. The number of nitrogens with zero attached hydrogens (tertiary/aromatic N) is 1. The highest BCUT2D eigenvalue weighted by Crippen LogP contribution is 2.27. The molecule has 1 N–H and O–H groups in total. The predicted octanol–water partition coefficient (Wildman–Crippen LogP) is 4.67. The van der Waals surface area contributed by atoms with Gasteiger partial charge in [-0.05, 0) is 32.9 Å². The van der Waals surface area contributed by atoms with Gasteiger partial charge in [0.15, 0.2) is 5.13 Å². The molecule has 0 saturated heterocycles. The fourth-order valence-corrected chi connectivity index (χ4v) is 2.55. The fraction of sp³-hybridized carbons (Fsp3) is 0.308. The summed E-state index contributed by atoms with van der Waals surface area (Å²) in [4.78, 5) is 4.56. The maximum absolute atomic E-state index is 5.97. The molecule has 0 spiro atoms. The highest BCUT2D eigenvalue weighted by atomic mass is 35.5. The highest BCUT2D eigenvalue weighted by Gasteiger charge is 2.12. The molecule has 0 bridgehead atoms. The van der Waals surface area contributed by atoms with E-state index in [1.165, 1.54) is 0 Å². The normalized spacial score (nSPS) is 11.5. The molecule has 0 aliphatic rings. The average Bonchev–Trinajstić information content (AvgIpc) is 2.63. The average molecular weight is 267 g/mol. The lowest BCUT2D eigenvalue weighted by molar-refractivity contribution is 0.633. The minimum Gasteiger partial charge on any atom is -0.357 e. The van der Waals surface area contributed by atoms with Crippen LogP contribution >= 0.6 is 22.9 Å². The molecule has 0 fully saturated rings. The Balaban J connectivity index is 2.24. The minimum atomic E-state index is 0.0312. The first kappa shape index (κ1) is 12.4. The van der Waals surface area contributed by atoms with Crippen LogP contribution < -0.4 is 5.32 Å². The summed E-state index contributed by atoms with van der Waals surface area (Å²) in [6.45, 7) is 6.36. The Hall–Kier alpha value is -1.06. The van der Waals surface area contributed by atoms with Crippen molar-refractivity contribution >= 4 is 28.1 Å². The molecule has 0 unspecified atom stereocenters. The van der Waals surface area contributed by atoms with Gasteiger partial charge >= 0.3 is 0 Å². The fourth-order valence-electron chi connectivity index (χ4n) is 1.43. The quantitative estimate of drug-likeness (QED) is 0.854. The van der Waals surface area contributed by atoms with E-state index in [0.717, 1.165) is 21.4 Å². The first-order valence-electron chi connectivity index (χ1n) is 5.44. The Bertz CT molecular complexity index is 514. The number of anilines is 1. The van der Waals surface area contributed by atoms with Gasteiger partial charge in [0.05, 0.1) is 5.69 Å². The maximum atomic E-state index is 5.97. The molecule has 1 aromatic carbocycles. The summed E-state index contributed by atoms with van der Waals surface area (Å²) in [6.07, 6.45) is 0. The van der Waals surface area contributed by atoms with Gasteiger partial charge in [-0.3, -0.25) is 0 Å². The first-order chi connectivity index (χ1) is 7.94. The van der Waals surface area contributed by atoms with Crippen LogP contribution in [0.1, 0.15) is 20.8 Å². The second-order valence-corrected chi connectivity index (χ2v) is 6.22. The van der Waals surface area contributed by atoms with Crippen LogP contribution in [0, 0.1) is 0 Å². The van der Waals surface area contributed by atoms with Gasteiger partial charge in [0.1, 0.15) is 0 Å². The number of thiazole rings is 1. The smallest absolute Gasteiger partial charge is 0.183 e. The number of hydrogen-bond donors (Lipinski definition) is 1. The molecule has 1 heterocycles. The summed E-state index contributed by atoms with van der Waals surface area (Å²) in [5.74, 6) is 0. The summed E-state index contributed by atoms with van der Waals surface area (Å²) in [5, 5.41) is 7.08. The Labute approximate surface area is 111 Å². The third-order valence-corrected chi connectivity index (χ3v) is 3.10. The molecule has 90 valence electrons. The van der Waals surface area contributed by atoms with Crippen molar-refractivity contribution < 1.29 is 0 Å². The van der Waals surface area contributed by atoms with Gasteiger partial charge in [-0.1, -0.05) is 23.7 Å². The van der Waals surface area contributed by atoms with Crippen LogP contribution in [0.4, 0.5) is 5.13 Å². The van der Waals surface area contributed by atoms with Gasteiger partial charge in [-0.15, -0.1) is 11.3 Å². The maximum Gasteiger partial charge on any atom is 0.183 e. The van der Waals surface area contributed by atoms with E-state index >= 15 is 0 Å². The van der Waals surface area contributed by atoms with E-state index in [1.807, 2.05) is 29.6 Å². The molecule has 4 heteroatoms. The molecule has 0 aliphatic heterocycles. The second-order valence-electron chi connectivity index (χ2n) is 4.92. The lowest BCUT2D eigenvalue weighted by Crippen LogP contribution is -2.25. The van der Waals surface area contributed by atoms with Crippen LogP contribution in [0.15, 0.2) is 29.6 Å². The monoisotopic (exact) mass is 266 g/mol. The molecule has 17 heavy (non-hydrogen) atoms. The summed E-state index contributed by atoms with van der Waals surface area (Å²) in [7, 11) is 0. The van der Waals surface area contributed by atoms with Crippen molar-refractivity contribution in [3.8, 4) is 11.3 Å². The van der Waals surface area contributed by atoms with E-state index in [0.29, 0.717) is 0 Å². The van der Waals surface area contributed by atoms with Crippen LogP contribution in [0.3, 0.4) is 0 Å². The molecule has 0 aliphatic carbocycles. The lowest BCUT2D eigenvalue weighted by Gasteiger charge is -2.19. The van der Waals surface area contributed by atoms with Crippen molar-refractivity contribution in [1.82, 2.24) is 4.98 Å². The van der Waals surface area contributed by atoms with E-state index in [1.54, 1.807) is 11.3 Å². The molecule has 2 nitrogen and oxygen atoms in total. The SMILES string of the molecule is CC(C)(C)Nc1nc(-c2cccc(Cl)c2)cs1. The summed E-state index contributed by atoms with van der Waals surface area (Å²) < 4.78 is 0. The number of nitrogens with one attached hydrogen (secondary N) is 1. The van der Waals surface area contributed by atoms with Crippen molar-refractivity contribution in [2.45, 2.75) is 26.3 Å². The van der Waals surface area contributed by atoms with Crippen molar-refractivity contribution in [2.75, 3.05) is 5.32 Å². The van der Waals surface area contributed by atoms with E-state index in [9.17, 15) is 0 Å². The van der Waals surface area contributed by atoms with Gasteiger partial charge in [0, 0.05) is 21.5 Å². The number of halogens is 1. The van der Waals surface area contributed by atoms with Gasteiger partial charge in [-0.25, -0.2) is 4.98 Å². The second kappa shape index (κ2) is 4.67. The number of aromatic nitrogens is 1. The molecule has 2 rings (SSSR count). The molecule has 0 atom stereocenters. The Morgan fingerprint density at radius 1 is 1.29 bits per heavy atom. The highest BCUT2D eigenvalue weighted by molar-refractivity contribution is 7.14. The van der Waals surface area contributed by atoms with Crippen molar-refractivity contribution in [2.24, 2.45) is 0 Å². The number of benzene rings is 1. The molecule has 0 saturated carbocycles. The molecule has 0 amide bonds. The van der Waals surface area contributed by atoms with Crippen LogP contribution in [0.5, 0.6) is 0 Å². The third kappa shape index (κ3) is 3.45. The molecule has 1 aromatic heterocycles. The summed E-state index contributed by atoms with van der Waals surface area (Å²) in [6, 6.07) is 7.75. The first-order valence-corrected chi connectivity index (χ1v) is 6.69. The summed E-state index contributed by atoms with van der Waals surface area (Å²) in [5.41, 5.74) is 2.05. The topological polar surface area (TPSA) is 24.9 Å². The zero-order chi connectivity index (χ0) is 12.5. The van der Waals surface area contributed by atoms with Gasteiger partial charge in [0.2, 0.25) is 0 Å². The zero-order valence-electron chi connectivity index (χ0n) is 10.1. The third-order valence-electron chi connectivity index (χ3n) is 2.11. The number of rotatable bonds is 2. The van der Waals surface area contributed by atoms with E-state index in [2.05, 4.69) is 31.1 Å². The van der Waals surface area contributed by atoms with Crippen LogP contribution in [-0.2, 0) is 0 Å². The Morgan fingerprint density at radius 3 is 2.71 bits per heavy atom. The summed E-state index contributed by atoms with van der Waals surface area (Å²) >= 11 is 7.58. The van der Waals surface area contributed by atoms with E-state index in [4.69, 9.17) is 11.6 Å². The Kier molecular flexibility index (Phi) is 3.40. The molecular formula is C13H15ClN2S. The van der Waals surface area contributed by atoms with Crippen molar-refractivity contribution in [1.29, 1.82) is 0 Å².